The maximum atomic E-state index is 11.8. The molecule has 160 valence electrons. The van der Waals surface area contributed by atoms with Crippen LogP contribution < -0.4 is 16.0 Å². The third-order valence-electron chi connectivity index (χ3n) is 4.75. The zero-order valence-corrected chi connectivity index (χ0v) is 16.6. The lowest BCUT2D eigenvalue weighted by Crippen LogP contribution is -2.37. The van der Waals surface area contributed by atoms with Crippen LogP contribution in [0.5, 0.6) is 0 Å². The van der Waals surface area contributed by atoms with Gasteiger partial charge in [-0.3, -0.25) is 9.59 Å². The second-order valence-electron chi connectivity index (χ2n) is 6.95. The van der Waals surface area contributed by atoms with Gasteiger partial charge in [0.1, 0.15) is 0 Å². The Kier molecular flexibility index (Phi) is 5.85. The van der Waals surface area contributed by atoms with Crippen molar-refractivity contribution in [3.8, 4) is 11.3 Å². The molecule has 1 amide bonds. The van der Waals surface area contributed by atoms with Crippen molar-refractivity contribution in [2.75, 3.05) is 42.3 Å². The number of nitrogens with zero attached hydrogens (tertiary/aromatic N) is 5. The Bertz CT molecular complexity index is 1110. The average Bonchev–Trinajstić information content (AvgIpc) is 2.78. The molecule has 1 fully saturated rings. The van der Waals surface area contributed by atoms with Crippen LogP contribution in [-0.2, 0) is 14.3 Å². The summed E-state index contributed by atoms with van der Waals surface area (Å²) in [5.74, 6) is -0.602. The summed E-state index contributed by atoms with van der Waals surface area (Å²) >= 11 is 0. The minimum Gasteiger partial charge on any atom is -0.481 e. The Morgan fingerprint density at radius 1 is 1.10 bits per heavy atom. The van der Waals surface area contributed by atoms with Gasteiger partial charge in [0.2, 0.25) is 11.9 Å². The molecule has 4 rings (SSSR count). The van der Waals surface area contributed by atoms with E-state index >= 15 is 0 Å². The number of carboxylic acid groups (broad SMARTS) is 1. The number of hydrogen-bond acceptors (Lipinski definition) is 9. The van der Waals surface area contributed by atoms with E-state index in [1.54, 1.807) is 30.5 Å². The lowest BCUT2D eigenvalue weighted by Gasteiger charge is -2.28. The molecule has 1 aliphatic heterocycles. The number of nitrogens with one attached hydrogen (secondary N) is 1. The highest BCUT2D eigenvalue weighted by atomic mass is 16.5. The van der Waals surface area contributed by atoms with Crippen molar-refractivity contribution >= 4 is 40.5 Å². The molecule has 0 atom stereocenters. The molecule has 0 aliphatic carbocycles. The molecule has 11 heteroatoms. The number of ether oxygens (including phenoxy) is 1. The third-order valence-corrected chi connectivity index (χ3v) is 4.75. The molecule has 1 aliphatic rings. The molecule has 4 N–H and O–H groups in total. The quantitative estimate of drug-likeness (QED) is 0.528. The summed E-state index contributed by atoms with van der Waals surface area (Å²) in [6.45, 7) is 2.54. The molecular formula is C20H21N7O4. The first kappa shape index (κ1) is 20.4. The van der Waals surface area contributed by atoms with Gasteiger partial charge in [-0.2, -0.15) is 9.97 Å². The summed E-state index contributed by atoms with van der Waals surface area (Å²) in [5.41, 5.74) is 8.82. The van der Waals surface area contributed by atoms with Gasteiger partial charge in [-0.05, 0) is 12.1 Å². The smallest absolute Gasteiger partial charge is 0.303 e. The molecule has 1 aromatic carbocycles. The average molecular weight is 423 g/mol. The van der Waals surface area contributed by atoms with Gasteiger partial charge in [0.05, 0.1) is 31.5 Å². The molecule has 1 saturated heterocycles. The van der Waals surface area contributed by atoms with Crippen LogP contribution in [0.2, 0.25) is 0 Å². The lowest BCUT2D eigenvalue weighted by molar-refractivity contribution is -0.138. The number of carbonyl (C=O) groups excluding carboxylic acids is 1. The number of amides is 1. The van der Waals surface area contributed by atoms with Crippen molar-refractivity contribution < 1.29 is 19.4 Å². The van der Waals surface area contributed by atoms with E-state index in [0.717, 1.165) is 5.56 Å². The standard InChI is InChI=1S/C20H21N7O4/c21-20-25-18-17(19(26-20)27-7-9-31-10-8-27)24-14(11-22-18)12-1-3-13(4-2-12)23-15(28)5-6-16(29)30/h1-4,11H,5-10H2,(H,23,28)(H,29,30)(H2,21,22,25,26). The van der Waals surface area contributed by atoms with Crippen LogP contribution in [0, 0.1) is 0 Å². The van der Waals surface area contributed by atoms with E-state index in [1.807, 2.05) is 0 Å². The highest BCUT2D eigenvalue weighted by Crippen LogP contribution is 2.26. The molecule has 3 aromatic rings. The van der Waals surface area contributed by atoms with Crippen molar-refractivity contribution in [1.29, 1.82) is 0 Å². The van der Waals surface area contributed by atoms with Crippen LogP contribution in [0.3, 0.4) is 0 Å². The number of benzene rings is 1. The molecule has 0 unspecified atom stereocenters. The van der Waals surface area contributed by atoms with Crippen molar-refractivity contribution in [1.82, 2.24) is 19.9 Å². The zero-order valence-electron chi connectivity index (χ0n) is 16.6. The van der Waals surface area contributed by atoms with Gasteiger partial charge < -0.3 is 25.8 Å². The highest BCUT2D eigenvalue weighted by Gasteiger charge is 2.19. The molecule has 0 radical (unpaired) electrons. The number of nitrogens with two attached hydrogens (primary N) is 1. The maximum Gasteiger partial charge on any atom is 0.303 e. The van der Waals surface area contributed by atoms with Crippen LogP contribution in [0.4, 0.5) is 17.5 Å². The lowest BCUT2D eigenvalue weighted by atomic mass is 10.1. The van der Waals surface area contributed by atoms with Gasteiger partial charge in [-0.1, -0.05) is 12.1 Å². The molecule has 0 saturated carbocycles. The molecule has 2 aromatic heterocycles. The van der Waals surface area contributed by atoms with E-state index in [2.05, 4.69) is 25.2 Å². The zero-order chi connectivity index (χ0) is 21.8. The van der Waals surface area contributed by atoms with Crippen LogP contribution in [0.15, 0.2) is 30.5 Å². The van der Waals surface area contributed by atoms with Gasteiger partial charge in [0.15, 0.2) is 17.0 Å². The molecule has 3 heterocycles. The van der Waals surface area contributed by atoms with E-state index in [9.17, 15) is 9.59 Å². The van der Waals surface area contributed by atoms with Gasteiger partial charge in [-0.25, -0.2) is 9.97 Å². The Balaban J connectivity index is 1.58. The van der Waals surface area contributed by atoms with Crippen molar-refractivity contribution in [3.05, 3.63) is 30.5 Å². The summed E-state index contributed by atoms with van der Waals surface area (Å²) in [6, 6.07) is 7.05. The van der Waals surface area contributed by atoms with Crippen LogP contribution in [0.1, 0.15) is 12.8 Å². The predicted octanol–water partition coefficient (Wildman–Crippen LogP) is 1.31. The minimum absolute atomic E-state index is 0.0827. The topological polar surface area (TPSA) is 156 Å². The summed E-state index contributed by atoms with van der Waals surface area (Å²) in [6.07, 6.45) is 1.31. The van der Waals surface area contributed by atoms with Crippen LogP contribution >= 0.6 is 0 Å². The number of fused-ring (bicyclic) bond motifs is 1. The Morgan fingerprint density at radius 3 is 2.55 bits per heavy atom. The third kappa shape index (κ3) is 4.83. The molecule has 11 nitrogen and oxygen atoms in total. The number of carbonyl (C=O) groups is 2. The summed E-state index contributed by atoms with van der Waals surface area (Å²) in [7, 11) is 0. The van der Waals surface area contributed by atoms with Crippen LogP contribution in [0.25, 0.3) is 22.4 Å². The van der Waals surface area contributed by atoms with Gasteiger partial charge in [0, 0.05) is 30.8 Å². The van der Waals surface area contributed by atoms with E-state index in [-0.39, 0.29) is 24.7 Å². The molecule has 0 bridgehead atoms. The number of nitrogen functional groups attached to an aromatic ring is 1. The maximum absolute atomic E-state index is 11.8. The summed E-state index contributed by atoms with van der Waals surface area (Å²) < 4.78 is 5.41. The summed E-state index contributed by atoms with van der Waals surface area (Å²) in [4.78, 5) is 42.1. The number of hydrogen-bond donors (Lipinski definition) is 3. The van der Waals surface area contributed by atoms with E-state index in [1.165, 1.54) is 0 Å². The Labute approximate surface area is 177 Å². The first-order valence-corrected chi connectivity index (χ1v) is 9.74. The van der Waals surface area contributed by atoms with E-state index in [0.29, 0.717) is 54.7 Å². The fraction of sp³-hybridized carbons (Fsp3) is 0.300. The van der Waals surface area contributed by atoms with E-state index in [4.69, 9.17) is 20.6 Å². The van der Waals surface area contributed by atoms with E-state index < -0.39 is 5.97 Å². The number of rotatable bonds is 6. The minimum atomic E-state index is -1.01. The monoisotopic (exact) mass is 423 g/mol. The van der Waals surface area contributed by atoms with Gasteiger partial charge in [-0.15, -0.1) is 0 Å². The molecular weight excluding hydrogens is 402 g/mol. The van der Waals surface area contributed by atoms with Gasteiger partial charge in [0.25, 0.3) is 0 Å². The number of anilines is 3. The second-order valence-corrected chi connectivity index (χ2v) is 6.95. The largest absolute Gasteiger partial charge is 0.481 e. The first-order chi connectivity index (χ1) is 15.0. The normalized spacial score (nSPS) is 13.9. The first-order valence-electron chi connectivity index (χ1n) is 9.74. The SMILES string of the molecule is Nc1nc(N2CCOCC2)c2nc(-c3ccc(NC(=O)CCC(=O)O)cc3)cnc2n1. The van der Waals surface area contributed by atoms with Crippen LogP contribution in [-0.4, -0.2) is 63.2 Å². The Morgan fingerprint density at radius 2 is 1.84 bits per heavy atom. The molecule has 0 spiro atoms. The number of aromatic nitrogens is 4. The fourth-order valence-corrected chi connectivity index (χ4v) is 3.21. The number of aliphatic carboxylic acids is 1. The number of carboxylic acids is 1. The van der Waals surface area contributed by atoms with Gasteiger partial charge >= 0.3 is 5.97 Å². The summed E-state index contributed by atoms with van der Waals surface area (Å²) in [5, 5.41) is 11.3. The van der Waals surface area contributed by atoms with Crippen molar-refractivity contribution in [2.24, 2.45) is 0 Å². The van der Waals surface area contributed by atoms with Crippen molar-refractivity contribution in [2.45, 2.75) is 12.8 Å². The molecule has 31 heavy (non-hydrogen) atoms. The highest BCUT2D eigenvalue weighted by molar-refractivity contribution is 5.92. The van der Waals surface area contributed by atoms with Crippen molar-refractivity contribution in [3.63, 3.8) is 0 Å². The second kappa shape index (κ2) is 8.88. The predicted molar refractivity (Wildman–Crippen MR) is 114 cm³/mol. The fourth-order valence-electron chi connectivity index (χ4n) is 3.21. The Hall–Kier alpha value is -3.86. The number of morpholine rings is 1.